The number of para-hydroxylation sites is 1. The topological polar surface area (TPSA) is 104 Å². The summed E-state index contributed by atoms with van der Waals surface area (Å²) in [4.78, 5) is 31.0. The predicted octanol–water partition coefficient (Wildman–Crippen LogP) is 1.32. The molecule has 0 saturated carbocycles. The first-order valence-corrected chi connectivity index (χ1v) is 7.34. The third-order valence-corrected chi connectivity index (χ3v) is 3.48. The number of carbonyl (C=O) groups is 1. The SMILES string of the molecule is Cc1cc(C[C@@H](C)NC(=O)c2nc3ccccc3c(=O)[nH]2)n[nH]1. The van der Waals surface area contributed by atoms with Crippen LogP contribution in [0.4, 0.5) is 0 Å². The molecule has 0 aliphatic carbocycles. The molecule has 3 rings (SSSR count). The molecule has 2 heterocycles. The van der Waals surface area contributed by atoms with Crippen LogP contribution in [0.15, 0.2) is 35.1 Å². The van der Waals surface area contributed by atoms with Crippen molar-refractivity contribution in [3.8, 4) is 0 Å². The predicted molar refractivity (Wildman–Crippen MR) is 86.3 cm³/mol. The van der Waals surface area contributed by atoms with Gasteiger partial charge in [0.1, 0.15) is 0 Å². The smallest absolute Gasteiger partial charge is 0.287 e. The minimum atomic E-state index is -0.410. The molecule has 118 valence electrons. The van der Waals surface area contributed by atoms with Crippen LogP contribution in [-0.2, 0) is 6.42 Å². The number of aryl methyl sites for hydroxylation is 1. The van der Waals surface area contributed by atoms with Gasteiger partial charge in [-0.1, -0.05) is 12.1 Å². The van der Waals surface area contributed by atoms with E-state index in [0.29, 0.717) is 17.3 Å². The first-order chi connectivity index (χ1) is 11.0. The summed E-state index contributed by atoms with van der Waals surface area (Å²) >= 11 is 0. The molecule has 0 aliphatic rings. The van der Waals surface area contributed by atoms with Crippen molar-refractivity contribution in [2.75, 3.05) is 0 Å². The normalized spacial score (nSPS) is 12.3. The van der Waals surface area contributed by atoms with Crippen molar-refractivity contribution in [1.82, 2.24) is 25.5 Å². The first kappa shape index (κ1) is 15.0. The minimum absolute atomic E-state index is 0.0127. The van der Waals surface area contributed by atoms with Crippen LogP contribution in [0.2, 0.25) is 0 Å². The number of carbonyl (C=O) groups excluding carboxylic acids is 1. The third-order valence-electron chi connectivity index (χ3n) is 3.48. The molecular formula is C16H17N5O2. The molecule has 2 aromatic heterocycles. The highest BCUT2D eigenvalue weighted by Gasteiger charge is 2.15. The number of benzene rings is 1. The van der Waals surface area contributed by atoms with Crippen LogP contribution in [0.3, 0.4) is 0 Å². The van der Waals surface area contributed by atoms with E-state index in [9.17, 15) is 9.59 Å². The zero-order valence-electron chi connectivity index (χ0n) is 12.9. The number of fused-ring (bicyclic) bond motifs is 1. The van der Waals surface area contributed by atoms with Gasteiger partial charge in [0.25, 0.3) is 11.5 Å². The second-order valence-corrected chi connectivity index (χ2v) is 5.55. The van der Waals surface area contributed by atoms with Crippen LogP contribution in [0, 0.1) is 6.92 Å². The second-order valence-electron chi connectivity index (χ2n) is 5.55. The number of nitrogens with one attached hydrogen (secondary N) is 3. The van der Waals surface area contributed by atoms with E-state index in [1.807, 2.05) is 19.9 Å². The Morgan fingerprint density at radius 3 is 2.87 bits per heavy atom. The number of aromatic amines is 2. The van der Waals surface area contributed by atoms with Crippen LogP contribution in [0.5, 0.6) is 0 Å². The van der Waals surface area contributed by atoms with E-state index in [1.165, 1.54) is 0 Å². The van der Waals surface area contributed by atoms with E-state index in [0.717, 1.165) is 11.4 Å². The van der Waals surface area contributed by atoms with Crippen molar-refractivity contribution in [1.29, 1.82) is 0 Å². The fourth-order valence-corrected chi connectivity index (χ4v) is 2.43. The summed E-state index contributed by atoms with van der Waals surface area (Å²) in [5, 5.41) is 10.3. The van der Waals surface area contributed by atoms with Gasteiger partial charge in [0, 0.05) is 18.2 Å². The molecule has 1 atom stereocenters. The van der Waals surface area contributed by atoms with Gasteiger partial charge in [0.2, 0.25) is 0 Å². The number of nitrogens with zero attached hydrogens (tertiary/aromatic N) is 2. The van der Waals surface area contributed by atoms with Gasteiger partial charge in [0.15, 0.2) is 5.82 Å². The Morgan fingerprint density at radius 1 is 1.35 bits per heavy atom. The van der Waals surface area contributed by atoms with Crippen LogP contribution < -0.4 is 10.9 Å². The van der Waals surface area contributed by atoms with E-state index in [2.05, 4.69) is 25.5 Å². The van der Waals surface area contributed by atoms with Crippen molar-refractivity contribution in [3.05, 3.63) is 57.9 Å². The summed E-state index contributed by atoms with van der Waals surface area (Å²) in [5.41, 5.74) is 2.02. The average molecular weight is 311 g/mol. The second kappa shape index (κ2) is 6.04. The van der Waals surface area contributed by atoms with E-state index in [1.54, 1.807) is 24.3 Å². The highest BCUT2D eigenvalue weighted by molar-refractivity contribution is 5.92. The Bertz CT molecular complexity index is 912. The quantitative estimate of drug-likeness (QED) is 0.676. The summed E-state index contributed by atoms with van der Waals surface area (Å²) in [7, 11) is 0. The molecule has 1 aromatic carbocycles. The number of amides is 1. The van der Waals surface area contributed by atoms with Crippen molar-refractivity contribution in [2.45, 2.75) is 26.3 Å². The third kappa shape index (κ3) is 3.28. The fraction of sp³-hybridized carbons (Fsp3) is 0.250. The lowest BCUT2D eigenvalue weighted by atomic mass is 10.2. The van der Waals surface area contributed by atoms with Gasteiger partial charge in [-0.25, -0.2) is 4.98 Å². The Hall–Kier alpha value is -2.96. The molecular weight excluding hydrogens is 294 g/mol. The largest absolute Gasteiger partial charge is 0.347 e. The molecule has 0 radical (unpaired) electrons. The lowest BCUT2D eigenvalue weighted by Crippen LogP contribution is -2.36. The maximum absolute atomic E-state index is 12.3. The minimum Gasteiger partial charge on any atom is -0.347 e. The van der Waals surface area contributed by atoms with Crippen LogP contribution >= 0.6 is 0 Å². The lowest BCUT2D eigenvalue weighted by molar-refractivity contribution is 0.0929. The Morgan fingerprint density at radius 2 is 2.13 bits per heavy atom. The Balaban J connectivity index is 1.76. The number of hydrogen-bond donors (Lipinski definition) is 3. The van der Waals surface area contributed by atoms with Crippen molar-refractivity contribution in [3.63, 3.8) is 0 Å². The van der Waals surface area contributed by atoms with Crippen molar-refractivity contribution >= 4 is 16.8 Å². The van der Waals surface area contributed by atoms with Crippen molar-refractivity contribution in [2.24, 2.45) is 0 Å². The molecule has 3 N–H and O–H groups in total. The summed E-state index contributed by atoms with van der Waals surface area (Å²) in [6, 6.07) is 8.70. The summed E-state index contributed by atoms with van der Waals surface area (Å²) in [6.45, 7) is 3.80. The zero-order valence-corrected chi connectivity index (χ0v) is 12.9. The molecule has 23 heavy (non-hydrogen) atoms. The molecule has 0 spiro atoms. The van der Waals surface area contributed by atoms with Gasteiger partial charge in [0.05, 0.1) is 16.6 Å². The summed E-state index contributed by atoms with van der Waals surface area (Å²) < 4.78 is 0. The number of aromatic nitrogens is 4. The van der Waals surface area contributed by atoms with Crippen LogP contribution in [0.25, 0.3) is 10.9 Å². The maximum Gasteiger partial charge on any atom is 0.287 e. The van der Waals surface area contributed by atoms with E-state index < -0.39 is 5.91 Å². The van der Waals surface area contributed by atoms with Gasteiger partial charge in [-0.15, -0.1) is 0 Å². The van der Waals surface area contributed by atoms with E-state index in [4.69, 9.17) is 0 Å². The zero-order chi connectivity index (χ0) is 16.4. The molecule has 0 unspecified atom stereocenters. The standard InChI is InChI=1S/C16H17N5O2/c1-9(7-11-8-10(2)20-21-11)17-16(23)14-18-13-6-4-3-5-12(13)15(22)19-14/h3-6,8-9H,7H2,1-2H3,(H,17,23)(H,20,21)(H,18,19,22)/t9-/m1/s1. The molecule has 0 saturated heterocycles. The summed E-state index contributed by atoms with van der Waals surface area (Å²) in [5.74, 6) is -0.397. The van der Waals surface area contributed by atoms with E-state index >= 15 is 0 Å². The molecule has 0 fully saturated rings. The number of rotatable bonds is 4. The van der Waals surface area contributed by atoms with E-state index in [-0.39, 0.29) is 17.4 Å². The van der Waals surface area contributed by atoms with Gasteiger partial charge in [-0.3, -0.25) is 14.7 Å². The Labute approximate surface area is 132 Å². The average Bonchev–Trinajstić information content (AvgIpc) is 2.92. The molecule has 7 nitrogen and oxygen atoms in total. The highest BCUT2D eigenvalue weighted by atomic mass is 16.2. The monoisotopic (exact) mass is 311 g/mol. The number of hydrogen-bond acceptors (Lipinski definition) is 4. The highest BCUT2D eigenvalue weighted by Crippen LogP contribution is 2.06. The molecule has 1 amide bonds. The Kier molecular flexibility index (Phi) is 3.92. The summed E-state index contributed by atoms with van der Waals surface area (Å²) in [6.07, 6.45) is 0.591. The molecule has 0 aliphatic heterocycles. The van der Waals surface area contributed by atoms with Gasteiger partial charge >= 0.3 is 0 Å². The number of H-pyrrole nitrogens is 2. The molecule has 0 bridgehead atoms. The lowest BCUT2D eigenvalue weighted by Gasteiger charge is -2.12. The van der Waals surface area contributed by atoms with Crippen molar-refractivity contribution < 1.29 is 4.79 Å². The molecule has 3 aromatic rings. The van der Waals surface area contributed by atoms with Gasteiger partial charge in [-0.2, -0.15) is 5.10 Å². The molecule has 7 heteroatoms. The first-order valence-electron chi connectivity index (χ1n) is 7.34. The van der Waals surface area contributed by atoms with Gasteiger partial charge in [-0.05, 0) is 32.0 Å². The fourth-order valence-electron chi connectivity index (χ4n) is 2.43. The van der Waals surface area contributed by atoms with Gasteiger partial charge < -0.3 is 10.3 Å². The van der Waals surface area contributed by atoms with Crippen LogP contribution in [0.1, 0.15) is 28.9 Å². The van der Waals surface area contributed by atoms with Crippen LogP contribution in [-0.4, -0.2) is 32.1 Å². The maximum atomic E-state index is 12.3.